The summed E-state index contributed by atoms with van der Waals surface area (Å²) in [5.74, 6) is 1.81. The number of aryl methyl sites for hydroxylation is 1. The smallest absolute Gasteiger partial charge is 0.224 e. The molecule has 1 N–H and O–H groups in total. The minimum atomic E-state index is 0.651. The lowest BCUT2D eigenvalue weighted by Gasteiger charge is -2.26. The average molecular weight is 234 g/mol. The van der Waals surface area contributed by atoms with Crippen molar-refractivity contribution in [3.05, 3.63) is 11.8 Å². The van der Waals surface area contributed by atoms with E-state index in [1.165, 1.54) is 25.7 Å². The zero-order chi connectivity index (χ0) is 12.3. The van der Waals surface area contributed by atoms with Crippen LogP contribution in [0.1, 0.15) is 38.2 Å². The van der Waals surface area contributed by atoms with E-state index in [1.807, 2.05) is 6.20 Å². The Kier molecular flexibility index (Phi) is 3.82. The molecule has 2 rings (SSSR count). The van der Waals surface area contributed by atoms with E-state index in [9.17, 15) is 0 Å². The first kappa shape index (κ1) is 12.1. The largest absolute Gasteiger partial charge is 0.356 e. The lowest BCUT2D eigenvalue weighted by atomic mass is 10.2. The van der Waals surface area contributed by atoms with Crippen molar-refractivity contribution in [3.63, 3.8) is 0 Å². The summed E-state index contributed by atoms with van der Waals surface area (Å²) in [4.78, 5) is 11.2. The Balaban J connectivity index is 2.19. The van der Waals surface area contributed by atoms with Gasteiger partial charge in [-0.1, -0.05) is 12.8 Å². The molecule has 1 heterocycles. The maximum Gasteiger partial charge on any atom is 0.224 e. The molecule has 0 radical (unpaired) electrons. The second kappa shape index (κ2) is 5.34. The van der Waals surface area contributed by atoms with Gasteiger partial charge in [-0.05, 0) is 26.7 Å². The number of hydrogen-bond acceptors (Lipinski definition) is 4. The lowest BCUT2D eigenvalue weighted by molar-refractivity contribution is 0.644. The van der Waals surface area contributed by atoms with Crippen LogP contribution in [0.2, 0.25) is 0 Å². The van der Waals surface area contributed by atoms with E-state index in [0.717, 1.165) is 23.9 Å². The van der Waals surface area contributed by atoms with Crippen molar-refractivity contribution in [1.82, 2.24) is 9.97 Å². The van der Waals surface area contributed by atoms with Gasteiger partial charge in [0.1, 0.15) is 5.82 Å². The molecular formula is C13H22N4. The van der Waals surface area contributed by atoms with E-state index in [-0.39, 0.29) is 0 Å². The van der Waals surface area contributed by atoms with Gasteiger partial charge in [0.05, 0.1) is 0 Å². The third-order valence-electron chi connectivity index (χ3n) is 3.49. The van der Waals surface area contributed by atoms with Crippen molar-refractivity contribution >= 4 is 11.8 Å². The number of rotatable bonds is 4. The molecule has 94 valence electrons. The van der Waals surface area contributed by atoms with E-state index in [1.54, 1.807) is 0 Å². The first-order valence-corrected chi connectivity index (χ1v) is 6.52. The topological polar surface area (TPSA) is 41.1 Å². The Bertz CT molecular complexity index is 372. The number of anilines is 2. The highest BCUT2D eigenvalue weighted by molar-refractivity contribution is 5.49. The van der Waals surface area contributed by atoms with E-state index >= 15 is 0 Å². The minimum absolute atomic E-state index is 0.651. The quantitative estimate of drug-likeness (QED) is 0.869. The van der Waals surface area contributed by atoms with Gasteiger partial charge in [0, 0.05) is 31.4 Å². The molecule has 1 aliphatic carbocycles. The van der Waals surface area contributed by atoms with Crippen molar-refractivity contribution < 1.29 is 0 Å². The number of hydrogen-bond donors (Lipinski definition) is 1. The standard InChI is InChI=1S/C13H22N4/c1-4-14-13-15-9-10(2)12(16-13)17(3)11-7-5-6-8-11/h9,11H,4-8H2,1-3H3,(H,14,15,16). The fraction of sp³-hybridized carbons (Fsp3) is 0.692. The second-order valence-electron chi connectivity index (χ2n) is 4.78. The molecule has 0 amide bonds. The van der Waals surface area contributed by atoms with E-state index < -0.39 is 0 Å². The molecule has 1 saturated carbocycles. The molecule has 17 heavy (non-hydrogen) atoms. The fourth-order valence-corrected chi connectivity index (χ4v) is 2.50. The van der Waals surface area contributed by atoms with Gasteiger partial charge in [-0.3, -0.25) is 0 Å². The summed E-state index contributed by atoms with van der Waals surface area (Å²) in [5, 5.41) is 3.17. The first-order valence-electron chi connectivity index (χ1n) is 6.52. The number of nitrogens with zero attached hydrogens (tertiary/aromatic N) is 3. The molecule has 1 aromatic rings. The summed E-state index contributed by atoms with van der Waals surface area (Å²) < 4.78 is 0. The molecule has 4 heteroatoms. The molecule has 0 unspecified atom stereocenters. The molecular weight excluding hydrogens is 212 g/mol. The zero-order valence-electron chi connectivity index (χ0n) is 11.0. The van der Waals surface area contributed by atoms with Crippen molar-refractivity contribution in [2.45, 2.75) is 45.6 Å². The van der Waals surface area contributed by atoms with Crippen LogP contribution in [0.4, 0.5) is 11.8 Å². The van der Waals surface area contributed by atoms with Crippen molar-refractivity contribution in [1.29, 1.82) is 0 Å². The van der Waals surface area contributed by atoms with Crippen LogP contribution in [-0.4, -0.2) is 29.6 Å². The van der Waals surface area contributed by atoms with Gasteiger partial charge in [-0.15, -0.1) is 0 Å². The second-order valence-corrected chi connectivity index (χ2v) is 4.78. The predicted octanol–water partition coefficient (Wildman–Crippen LogP) is 2.60. The molecule has 1 aromatic heterocycles. The van der Waals surface area contributed by atoms with Gasteiger partial charge >= 0.3 is 0 Å². The highest BCUT2D eigenvalue weighted by Gasteiger charge is 2.22. The Hall–Kier alpha value is -1.32. The lowest BCUT2D eigenvalue weighted by Crippen LogP contribution is -2.30. The van der Waals surface area contributed by atoms with Crippen LogP contribution in [0.3, 0.4) is 0 Å². The Morgan fingerprint density at radius 1 is 1.41 bits per heavy atom. The first-order chi connectivity index (χ1) is 8.22. The molecule has 0 bridgehead atoms. The summed E-state index contributed by atoms with van der Waals surface area (Å²) in [6.07, 6.45) is 7.18. The molecule has 0 aliphatic heterocycles. The summed E-state index contributed by atoms with van der Waals surface area (Å²) in [6.45, 7) is 5.00. The molecule has 0 spiro atoms. The summed E-state index contributed by atoms with van der Waals surface area (Å²) >= 11 is 0. The third kappa shape index (κ3) is 2.68. The van der Waals surface area contributed by atoms with Crippen LogP contribution in [0.15, 0.2) is 6.20 Å². The van der Waals surface area contributed by atoms with Gasteiger partial charge in [0.15, 0.2) is 0 Å². The van der Waals surface area contributed by atoms with Gasteiger partial charge in [-0.2, -0.15) is 4.98 Å². The maximum absolute atomic E-state index is 4.61. The predicted molar refractivity (Wildman–Crippen MR) is 71.6 cm³/mol. The molecule has 1 fully saturated rings. The van der Waals surface area contributed by atoms with E-state index in [0.29, 0.717) is 6.04 Å². The molecule has 0 aromatic carbocycles. The Morgan fingerprint density at radius 3 is 2.76 bits per heavy atom. The number of nitrogens with one attached hydrogen (secondary N) is 1. The van der Waals surface area contributed by atoms with Gasteiger partial charge in [0.25, 0.3) is 0 Å². The zero-order valence-corrected chi connectivity index (χ0v) is 11.0. The summed E-state index contributed by atoms with van der Waals surface area (Å²) in [5.41, 5.74) is 1.15. The van der Waals surface area contributed by atoms with Crippen LogP contribution in [0, 0.1) is 6.92 Å². The fourth-order valence-electron chi connectivity index (χ4n) is 2.50. The maximum atomic E-state index is 4.61. The Morgan fingerprint density at radius 2 is 2.12 bits per heavy atom. The minimum Gasteiger partial charge on any atom is -0.356 e. The summed E-state index contributed by atoms with van der Waals surface area (Å²) in [7, 11) is 2.15. The van der Waals surface area contributed by atoms with Crippen LogP contribution >= 0.6 is 0 Å². The molecule has 1 aliphatic rings. The van der Waals surface area contributed by atoms with Gasteiger partial charge in [0.2, 0.25) is 5.95 Å². The monoisotopic (exact) mass is 234 g/mol. The van der Waals surface area contributed by atoms with Crippen LogP contribution in [0.25, 0.3) is 0 Å². The molecule has 0 saturated heterocycles. The van der Waals surface area contributed by atoms with Crippen molar-refractivity contribution in [2.24, 2.45) is 0 Å². The molecule has 4 nitrogen and oxygen atoms in total. The normalized spacial score (nSPS) is 16.2. The number of aromatic nitrogens is 2. The van der Waals surface area contributed by atoms with Gasteiger partial charge in [-0.25, -0.2) is 4.98 Å². The Labute approximate surface area is 103 Å². The highest BCUT2D eigenvalue weighted by atomic mass is 15.2. The highest BCUT2D eigenvalue weighted by Crippen LogP contribution is 2.27. The van der Waals surface area contributed by atoms with E-state index in [4.69, 9.17) is 0 Å². The van der Waals surface area contributed by atoms with Crippen molar-refractivity contribution in [3.8, 4) is 0 Å². The molecule has 0 atom stereocenters. The van der Waals surface area contributed by atoms with Crippen molar-refractivity contribution in [2.75, 3.05) is 23.8 Å². The van der Waals surface area contributed by atoms with Crippen LogP contribution in [-0.2, 0) is 0 Å². The van der Waals surface area contributed by atoms with Crippen LogP contribution in [0.5, 0.6) is 0 Å². The summed E-state index contributed by atoms with van der Waals surface area (Å²) in [6, 6.07) is 0.651. The SMILES string of the molecule is CCNc1ncc(C)c(N(C)C2CCCC2)n1. The third-order valence-corrected chi connectivity index (χ3v) is 3.49. The van der Waals surface area contributed by atoms with Crippen LogP contribution < -0.4 is 10.2 Å². The van der Waals surface area contributed by atoms with Gasteiger partial charge < -0.3 is 10.2 Å². The average Bonchev–Trinajstić information content (AvgIpc) is 2.85. The van der Waals surface area contributed by atoms with E-state index in [2.05, 4.69) is 41.1 Å².